The fourth-order valence-electron chi connectivity index (χ4n) is 3.51. The van der Waals surface area contributed by atoms with E-state index in [1.165, 1.54) is 6.07 Å². The summed E-state index contributed by atoms with van der Waals surface area (Å²) in [5.41, 5.74) is 6.61. The van der Waals surface area contributed by atoms with E-state index in [2.05, 4.69) is 15.3 Å². The van der Waals surface area contributed by atoms with Gasteiger partial charge in [0.1, 0.15) is 5.54 Å². The normalized spacial score (nSPS) is 12.8. The Balaban J connectivity index is 1.94. The number of benzene rings is 1. The van der Waals surface area contributed by atoms with Crippen molar-refractivity contribution < 1.29 is 9.72 Å². The molecule has 0 aliphatic carbocycles. The Morgan fingerprint density at radius 1 is 0.967 bits per heavy atom. The van der Waals surface area contributed by atoms with Crippen LogP contribution in [0.25, 0.3) is 0 Å². The molecule has 8 heteroatoms. The minimum absolute atomic E-state index is 0.137. The lowest BCUT2D eigenvalue weighted by Crippen LogP contribution is -2.54. The quantitative estimate of drug-likeness (QED) is 0.394. The van der Waals surface area contributed by atoms with E-state index in [1.807, 2.05) is 24.3 Å². The van der Waals surface area contributed by atoms with Crippen LogP contribution in [0, 0.1) is 10.1 Å². The van der Waals surface area contributed by atoms with Crippen LogP contribution in [0.4, 0.5) is 5.69 Å². The van der Waals surface area contributed by atoms with Gasteiger partial charge >= 0.3 is 0 Å². The van der Waals surface area contributed by atoms with Gasteiger partial charge in [0.05, 0.1) is 10.5 Å². The summed E-state index contributed by atoms with van der Waals surface area (Å²) in [7, 11) is 0. The third kappa shape index (κ3) is 4.84. The van der Waals surface area contributed by atoms with E-state index in [1.54, 1.807) is 43.0 Å². The number of nitrogens with two attached hydrogens (primary N) is 1. The predicted octanol–water partition coefficient (Wildman–Crippen LogP) is 2.53. The number of aromatic nitrogens is 2. The number of nitrogens with zero attached hydrogens (tertiary/aromatic N) is 3. The molecule has 2 aromatic heterocycles. The molecule has 0 spiro atoms. The molecule has 0 radical (unpaired) electrons. The molecule has 8 nitrogen and oxygen atoms in total. The molecule has 0 bridgehead atoms. The summed E-state index contributed by atoms with van der Waals surface area (Å²) in [4.78, 5) is 32.0. The molecular formula is C22H23N5O3. The first-order chi connectivity index (χ1) is 14.5. The summed E-state index contributed by atoms with van der Waals surface area (Å²) in [5.74, 6) is -0.652. The third-order valence-electron chi connectivity index (χ3n) is 5.11. The van der Waals surface area contributed by atoms with E-state index in [0.717, 1.165) is 11.1 Å². The molecule has 30 heavy (non-hydrogen) atoms. The Labute approximate surface area is 174 Å². The first-order valence-corrected chi connectivity index (χ1v) is 9.59. The zero-order valence-electron chi connectivity index (χ0n) is 16.4. The Bertz CT molecular complexity index is 998. The van der Waals surface area contributed by atoms with Gasteiger partial charge in [0.2, 0.25) is 5.91 Å². The molecule has 1 aromatic carbocycles. The van der Waals surface area contributed by atoms with E-state index < -0.39 is 16.4 Å². The molecule has 2 heterocycles. The summed E-state index contributed by atoms with van der Waals surface area (Å²) in [6.45, 7) is 0.412. The molecule has 154 valence electrons. The highest BCUT2D eigenvalue weighted by molar-refractivity contribution is 5.87. The van der Waals surface area contributed by atoms with Crippen LogP contribution in [0.2, 0.25) is 0 Å². The molecule has 0 aliphatic rings. The topological polar surface area (TPSA) is 124 Å². The van der Waals surface area contributed by atoms with Gasteiger partial charge in [0, 0.05) is 37.4 Å². The van der Waals surface area contributed by atoms with Gasteiger partial charge in [-0.3, -0.25) is 30.2 Å². The van der Waals surface area contributed by atoms with Crippen LogP contribution in [0.1, 0.15) is 23.1 Å². The second-order valence-electron chi connectivity index (χ2n) is 6.93. The van der Waals surface area contributed by atoms with Crippen LogP contribution in [-0.4, -0.2) is 27.3 Å². The summed E-state index contributed by atoms with van der Waals surface area (Å²) < 4.78 is 0. The number of aryl methyl sites for hydroxylation is 1. The molecule has 0 fully saturated rings. The Morgan fingerprint density at radius 2 is 1.53 bits per heavy atom. The largest absolute Gasteiger partial charge is 0.368 e. The summed E-state index contributed by atoms with van der Waals surface area (Å²) in [6.07, 6.45) is 8.12. The minimum atomic E-state index is -1.39. The van der Waals surface area contributed by atoms with Crippen molar-refractivity contribution in [2.24, 2.45) is 5.73 Å². The molecule has 3 N–H and O–H groups in total. The average Bonchev–Trinajstić information content (AvgIpc) is 2.77. The van der Waals surface area contributed by atoms with Crippen LogP contribution in [-0.2, 0) is 23.2 Å². The number of nitrogens with one attached hydrogen (secondary N) is 1. The monoisotopic (exact) mass is 405 g/mol. The zero-order chi connectivity index (χ0) is 21.4. The molecule has 0 saturated carbocycles. The predicted molar refractivity (Wildman–Crippen MR) is 112 cm³/mol. The van der Waals surface area contributed by atoms with Crippen LogP contribution in [0.15, 0.2) is 73.3 Å². The number of amides is 1. The van der Waals surface area contributed by atoms with Crippen LogP contribution < -0.4 is 11.1 Å². The highest BCUT2D eigenvalue weighted by Crippen LogP contribution is 2.33. The zero-order valence-corrected chi connectivity index (χ0v) is 16.4. The van der Waals surface area contributed by atoms with Gasteiger partial charge in [0.25, 0.3) is 5.69 Å². The average molecular weight is 405 g/mol. The highest BCUT2D eigenvalue weighted by Gasteiger charge is 2.42. The van der Waals surface area contributed by atoms with E-state index in [4.69, 9.17) is 5.73 Å². The number of nitro groups is 1. The van der Waals surface area contributed by atoms with Gasteiger partial charge in [0.15, 0.2) is 0 Å². The fourth-order valence-corrected chi connectivity index (χ4v) is 3.51. The Morgan fingerprint density at radius 3 is 2.10 bits per heavy atom. The molecule has 1 unspecified atom stereocenters. The molecule has 3 rings (SSSR count). The second kappa shape index (κ2) is 9.71. The van der Waals surface area contributed by atoms with E-state index in [9.17, 15) is 14.9 Å². The number of primary amides is 1. The van der Waals surface area contributed by atoms with Crippen molar-refractivity contribution in [1.29, 1.82) is 0 Å². The maximum Gasteiger partial charge on any atom is 0.274 e. The Kier molecular flexibility index (Phi) is 6.82. The van der Waals surface area contributed by atoms with Crippen molar-refractivity contribution in [2.75, 3.05) is 6.54 Å². The first-order valence-electron chi connectivity index (χ1n) is 9.59. The van der Waals surface area contributed by atoms with Gasteiger partial charge in [-0.05, 0) is 60.7 Å². The van der Waals surface area contributed by atoms with Crippen molar-refractivity contribution in [1.82, 2.24) is 15.3 Å². The van der Waals surface area contributed by atoms with Crippen LogP contribution >= 0.6 is 0 Å². The molecule has 3 aromatic rings. The van der Waals surface area contributed by atoms with Gasteiger partial charge in [-0.2, -0.15) is 0 Å². The molecule has 0 aliphatic heterocycles. The number of hydrogen-bond acceptors (Lipinski definition) is 6. The standard InChI is InChI=1S/C22H23N5O3/c23-21(28)22(11-5-17-6-12-24-13-7-17,19-3-1-2-4-20(19)27(29)30)26-16-10-18-8-14-25-15-9-18/h1-4,6-9,12-15,26H,5,10-11,16H2,(H2,23,28). The van der Waals surface area contributed by atoms with Crippen molar-refractivity contribution in [3.8, 4) is 0 Å². The van der Waals surface area contributed by atoms with Gasteiger partial charge < -0.3 is 5.73 Å². The second-order valence-corrected chi connectivity index (χ2v) is 6.93. The SMILES string of the molecule is NC(=O)C(CCc1ccncc1)(NCCc1ccncc1)c1ccccc1[N+](=O)[O-]. The first kappa shape index (κ1) is 21.1. The number of rotatable bonds is 10. The lowest BCUT2D eigenvalue weighted by molar-refractivity contribution is -0.386. The van der Waals surface area contributed by atoms with Gasteiger partial charge in [-0.25, -0.2) is 0 Å². The van der Waals surface area contributed by atoms with Gasteiger partial charge in [-0.15, -0.1) is 0 Å². The maximum atomic E-state index is 12.8. The lowest BCUT2D eigenvalue weighted by atomic mass is 9.82. The fraction of sp³-hybridized carbons (Fsp3) is 0.227. The van der Waals surface area contributed by atoms with E-state index in [0.29, 0.717) is 19.4 Å². The number of carbonyl (C=O) groups is 1. The molecule has 1 atom stereocenters. The number of carbonyl (C=O) groups excluding carboxylic acids is 1. The van der Waals surface area contributed by atoms with Crippen molar-refractivity contribution >= 4 is 11.6 Å². The highest BCUT2D eigenvalue weighted by atomic mass is 16.6. The van der Waals surface area contributed by atoms with Crippen molar-refractivity contribution in [3.63, 3.8) is 0 Å². The van der Waals surface area contributed by atoms with Crippen LogP contribution in [0.3, 0.4) is 0 Å². The molecular weight excluding hydrogens is 382 g/mol. The number of pyridine rings is 2. The number of nitro benzene ring substituents is 1. The smallest absolute Gasteiger partial charge is 0.274 e. The number of para-hydroxylation sites is 1. The van der Waals surface area contributed by atoms with Crippen molar-refractivity contribution in [3.05, 3.63) is 100 Å². The Hall–Kier alpha value is -3.65. The van der Waals surface area contributed by atoms with Crippen LogP contribution in [0.5, 0.6) is 0 Å². The number of hydrogen-bond donors (Lipinski definition) is 2. The van der Waals surface area contributed by atoms with E-state index in [-0.39, 0.29) is 17.7 Å². The summed E-state index contributed by atoms with van der Waals surface area (Å²) >= 11 is 0. The van der Waals surface area contributed by atoms with Crippen molar-refractivity contribution in [2.45, 2.75) is 24.8 Å². The summed E-state index contributed by atoms with van der Waals surface area (Å²) in [5, 5.41) is 14.9. The maximum absolute atomic E-state index is 12.8. The minimum Gasteiger partial charge on any atom is -0.368 e. The molecule has 0 saturated heterocycles. The lowest BCUT2D eigenvalue weighted by Gasteiger charge is -2.32. The summed E-state index contributed by atoms with van der Waals surface area (Å²) in [6, 6.07) is 13.7. The third-order valence-corrected chi connectivity index (χ3v) is 5.11. The van der Waals surface area contributed by atoms with E-state index >= 15 is 0 Å². The molecule has 1 amide bonds. The van der Waals surface area contributed by atoms with Gasteiger partial charge in [-0.1, -0.05) is 12.1 Å².